The molecule has 3 nitrogen and oxygen atoms in total. The summed E-state index contributed by atoms with van der Waals surface area (Å²) >= 11 is 0. The van der Waals surface area contributed by atoms with E-state index >= 15 is 0 Å². The third kappa shape index (κ3) is 3.55. The molecular weight excluding hydrogens is 228 g/mol. The van der Waals surface area contributed by atoms with E-state index in [-0.39, 0.29) is 6.10 Å². The summed E-state index contributed by atoms with van der Waals surface area (Å²) in [6.07, 6.45) is 0.528. The predicted octanol–water partition coefficient (Wildman–Crippen LogP) is 2.65. The molecular formula is C15H22O3. The maximum absolute atomic E-state index is 10.0. The van der Waals surface area contributed by atoms with Crippen LogP contribution in [-0.4, -0.2) is 31.0 Å². The third-order valence-electron chi connectivity index (χ3n) is 3.37. The quantitative estimate of drug-likeness (QED) is 0.873. The van der Waals surface area contributed by atoms with E-state index in [0.29, 0.717) is 19.1 Å². The molecule has 1 aromatic rings. The van der Waals surface area contributed by atoms with Gasteiger partial charge in [-0.3, -0.25) is 0 Å². The number of ether oxygens (including phenoxy) is 2. The highest BCUT2D eigenvalue weighted by Gasteiger charge is 2.18. The molecule has 0 radical (unpaired) electrons. The van der Waals surface area contributed by atoms with Gasteiger partial charge in [0, 0.05) is 6.61 Å². The van der Waals surface area contributed by atoms with Gasteiger partial charge in [0.1, 0.15) is 6.10 Å². The van der Waals surface area contributed by atoms with Crippen LogP contribution in [0.15, 0.2) is 24.3 Å². The fourth-order valence-electron chi connectivity index (χ4n) is 2.07. The molecule has 2 unspecified atom stereocenters. The number of rotatable bonds is 5. The van der Waals surface area contributed by atoms with Crippen molar-refractivity contribution in [1.29, 1.82) is 0 Å². The Hall–Kier alpha value is -0.900. The van der Waals surface area contributed by atoms with Gasteiger partial charge in [0.15, 0.2) is 0 Å². The largest absolute Gasteiger partial charge is 0.386 e. The Morgan fingerprint density at radius 3 is 2.50 bits per heavy atom. The first-order valence-corrected chi connectivity index (χ1v) is 6.64. The molecule has 100 valence electrons. The summed E-state index contributed by atoms with van der Waals surface area (Å²) in [6, 6.07) is 8.10. The predicted molar refractivity (Wildman–Crippen MR) is 70.7 cm³/mol. The van der Waals surface area contributed by atoms with Crippen LogP contribution >= 0.6 is 0 Å². The van der Waals surface area contributed by atoms with Crippen molar-refractivity contribution in [1.82, 2.24) is 0 Å². The van der Waals surface area contributed by atoms with Crippen molar-refractivity contribution >= 4 is 0 Å². The molecule has 1 N–H and O–H groups in total. The van der Waals surface area contributed by atoms with E-state index in [9.17, 15) is 5.11 Å². The second kappa shape index (κ2) is 6.32. The van der Waals surface area contributed by atoms with Crippen molar-refractivity contribution in [3.05, 3.63) is 35.4 Å². The first kappa shape index (κ1) is 13.5. The second-order valence-corrected chi connectivity index (χ2v) is 5.16. The van der Waals surface area contributed by atoms with Crippen LogP contribution in [0.25, 0.3) is 0 Å². The van der Waals surface area contributed by atoms with E-state index in [1.165, 1.54) is 5.56 Å². The lowest BCUT2D eigenvalue weighted by molar-refractivity contribution is -0.0131. The van der Waals surface area contributed by atoms with Gasteiger partial charge in [-0.25, -0.2) is 0 Å². The van der Waals surface area contributed by atoms with Crippen LogP contribution in [-0.2, 0) is 9.47 Å². The summed E-state index contributed by atoms with van der Waals surface area (Å²) in [7, 11) is 0. The summed E-state index contributed by atoms with van der Waals surface area (Å²) in [5.74, 6) is 0.517. The van der Waals surface area contributed by atoms with Gasteiger partial charge in [-0.2, -0.15) is 0 Å². The van der Waals surface area contributed by atoms with Crippen LogP contribution in [0.4, 0.5) is 0 Å². The van der Waals surface area contributed by atoms with Crippen LogP contribution in [0, 0.1) is 0 Å². The monoisotopic (exact) mass is 250 g/mol. The highest BCUT2D eigenvalue weighted by atomic mass is 16.5. The first-order valence-electron chi connectivity index (χ1n) is 6.64. The molecule has 2 rings (SSSR count). The van der Waals surface area contributed by atoms with Crippen molar-refractivity contribution in [2.75, 3.05) is 19.8 Å². The van der Waals surface area contributed by atoms with Crippen molar-refractivity contribution in [3.63, 3.8) is 0 Å². The average molecular weight is 250 g/mol. The number of aliphatic hydroxyl groups is 1. The summed E-state index contributed by atoms with van der Waals surface area (Å²) in [5.41, 5.74) is 2.20. The number of benzene rings is 1. The van der Waals surface area contributed by atoms with Gasteiger partial charge in [-0.15, -0.1) is 0 Å². The minimum absolute atomic E-state index is 0.148. The first-order chi connectivity index (χ1) is 8.66. The Labute approximate surface area is 109 Å². The van der Waals surface area contributed by atoms with E-state index in [4.69, 9.17) is 9.47 Å². The van der Waals surface area contributed by atoms with Gasteiger partial charge in [0.2, 0.25) is 0 Å². The summed E-state index contributed by atoms with van der Waals surface area (Å²) < 4.78 is 10.9. The standard InChI is InChI=1S/C15H22O3/c1-11(2)12-3-5-13(6-4-12)15(16)10-18-14-7-8-17-9-14/h3-6,11,14-16H,7-10H2,1-2H3. The van der Waals surface area contributed by atoms with Crippen LogP contribution in [0.2, 0.25) is 0 Å². The molecule has 0 bridgehead atoms. The van der Waals surface area contributed by atoms with Crippen molar-refractivity contribution in [3.8, 4) is 0 Å². The van der Waals surface area contributed by atoms with Gasteiger partial charge in [-0.1, -0.05) is 38.1 Å². The van der Waals surface area contributed by atoms with Gasteiger partial charge < -0.3 is 14.6 Å². The lowest BCUT2D eigenvalue weighted by Gasteiger charge is -2.15. The van der Waals surface area contributed by atoms with E-state index in [0.717, 1.165) is 18.6 Å². The zero-order valence-electron chi connectivity index (χ0n) is 11.1. The minimum Gasteiger partial charge on any atom is -0.386 e. The zero-order chi connectivity index (χ0) is 13.0. The Balaban J connectivity index is 1.85. The molecule has 0 saturated carbocycles. The van der Waals surface area contributed by atoms with E-state index < -0.39 is 6.10 Å². The normalized spacial score (nSPS) is 21.4. The highest BCUT2D eigenvalue weighted by Crippen LogP contribution is 2.20. The summed E-state index contributed by atoms with van der Waals surface area (Å²) in [6.45, 7) is 6.08. The molecule has 1 aliphatic heterocycles. The van der Waals surface area contributed by atoms with Crippen molar-refractivity contribution in [2.24, 2.45) is 0 Å². The molecule has 3 heteroatoms. The Bertz CT molecular complexity index is 353. The van der Waals surface area contributed by atoms with E-state index in [1.54, 1.807) is 0 Å². The van der Waals surface area contributed by atoms with Gasteiger partial charge in [-0.05, 0) is 23.5 Å². The summed E-state index contributed by atoms with van der Waals surface area (Å²) in [5, 5.41) is 10.0. The molecule has 0 aliphatic carbocycles. The number of aliphatic hydroxyl groups excluding tert-OH is 1. The maximum atomic E-state index is 10.0. The fourth-order valence-corrected chi connectivity index (χ4v) is 2.07. The summed E-state index contributed by atoms with van der Waals surface area (Å²) in [4.78, 5) is 0. The smallest absolute Gasteiger partial charge is 0.102 e. The Morgan fingerprint density at radius 2 is 1.94 bits per heavy atom. The topological polar surface area (TPSA) is 38.7 Å². The van der Waals surface area contributed by atoms with E-state index in [2.05, 4.69) is 26.0 Å². The molecule has 0 aromatic heterocycles. The minimum atomic E-state index is -0.549. The Morgan fingerprint density at radius 1 is 1.28 bits per heavy atom. The average Bonchev–Trinajstić information content (AvgIpc) is 2.89. The van der Waals surface area contributed by atoms with Crippen LogP contribution in [0.3, 0.4) is 0 Å². The van der Waals surface area contributed by atoms with Gasteiger partial charge in [0.05, 0.1) is 19.3 Å². The highest BCUT2D eigenvalue weighted by molar-refractivity contribution is 5.26. The molecule has 1 saturated heterocycles. The molecule has 1 heterocycles. The zero-order valence-corrected chi connectivity index (χ0v) is 11.1. The van der Waals surface area contributed by atoms with E-state index in [1.807, 2.05) is 12.1 Å². The molecule has 0 spiro atoms. The maximum Gasteiger partial charge on any atom is 0.102 e. The fraction of sp³-hybridized carbons (Fsp3) is 0.600. The SMILES string of the molecule is CC(C)c1ccc(C(O)COC2CCOC2)cc1. The lowest BCUT2D eigenvalue weighted by Crippen LogP contribution is -2.17. The second-order valence-electron chi connectivity index (χ2n) is 5.16. The van der Waals surface area contributed by atoms with Crippen molar-refractivity contribution in [2.45, 2.75) is 38.4 Å². The molecule has 1 aromatic carbocycles. The van der Waals surface area contributed by atoms with Crippen molar-refractivity contribution < 1.29 is 14.6 Å². The molecule has 0 amide bonds. The number of hydrogen-bond donors (Lipinski definition) is 1. The lowest BCUT2D eigenvalue weighted by atomic mass is 10.0. The van der Waals surface area contributed by atoms with Crippen LogP contribution in [0.1, 0.15) is 43.4 Å². The Kier molecular flexibility index (Phi) is 4.75. The van der Waals surface area contributed by atoms with Crippen LogP contribution < -0.4 is 0 Å². The third-order valence-corrected chi connectivity index (χ3v) is 3.37. The molecule has 1 fully saturated rings. The molecule has 1 aliphatic rings. The molecule has 2 atom stereocenters. The molecule has 18 heavy (non-hydrogen) atoms. The van der Waals surface area contributed by atoms with Crippen LogP contribution in [0.5, 0.6) is 0 Å². The number of hydrogen-bond acceptors (Lipinski definition) is 3. The van der Waals surface area contributed by atoms with Gasteiger partial charge in [0.25, 0.3) is 0 Å². The van der Waals surface area contributed by atoms with Gasteiger partial charge >= 0.3 is 0 Å².